The molecule has 0 spiro atoms. The normalized spacial score (nSPS) is 25.3. The van der Waals surface area contributed by atoms with Crippen molar-refractivity contribution in [1.29, 1.82) is 0 Å². The number of benzene rings is 1. The first kappa shape index (κ1) is 21.1. The summed E-state index contributed by atoms with van der Waals surface area (Å²) >= 11 is 0. The number of amides is 2. The molecule has 0 aromatic heterocycles. The smallest absolute Gasteiger partial charge is 0.408 e. The Kier molecular flexibility index (Phi) is 5.87. The van der Waals surface area contributed by atoms with Crippen molar-refractivity contribution in [2.45, 2.75) is 52.8 Å². The molecular formula is C22H30N2O5. The van der Waals surface area contributed by atoms with Crippen LogP contribution in [0.2, 0.25) is 0 Å². The topological polar surface area (TPSA) is 95.9 Å². The second-order valence-corrected chi connectivity index (χ2v) is 9.12. The largest absolute Gasteiger partial charge is 0.480 e. The lowest BCUT2D eigenvalue weighted by molar-refractivity contribution is -0.151. The van der Waals surface area contributed by atoms with E-state index in [0.29, 0.717) is 13.0 Å². The number of carbonyl (C=O) groups is 3. The van der Waals surface area contributed by atoms with Crippen molar-refractivity contribution in [2.24, 2.45) is 23.2 Å². The van der Waals surface area contributed by atoms with Gasteiger partial charge in [-0.3, -0.25) is 4.79 Å². The summed E-state index contributed by atoms with van der Waals surface area (Å²) in [5.74, 6) is -1.02. The van der Waals surface area contributed by atoms with Crippen LogP contribution < -0.4 is 5.32 Å². The second-order valence-electron chi connectivity index (χ2n) is 9.12. The summed E-state index contributed by atoms with van der Waals surface area (Å²) in [5, 5.41) is 12.4. The Morgan fingerprint density at radius 1 is 1.24 bits per heavy atom. The van der Waals surface area contributed by atoms with Crippen molar-refractivity contribution in [1.82, 2.24) is 10.2 Å². The fraction of sp³-hybridized carbons (Fsp3) is 0.591. The molecule has 0 bridgehead atoms. The first-order chi connectivity index (χ1) is 13.6. The molecule has 3 rings (SSSR count). The highest BCUT2D eigenvalue weighted by Gasteiger charge is 2.69. The Hall–Kier alpha value is -2.57. The van der Waals surface area contributed by atoms with E-state index in [4.69, 9.17) is 4.74 Å². The van der Waals surface area contributed by atoms with Crippen molar-refractivity contribution in [3.8, 4) is 0 Å². The van der Waals surface area contributed by atoms with Gasteiger partial charge in [0.1, 0.15) is 18.7 Å². The number of hydrogen-bond acceptors (Lipinski definition) is 4. The van der Waals surface area contributed by atoms with E-state index >= 15 is 0 Å². The highest BCUT2D eigenvalue weighted by Crippen LogP contribution is 2.64. The molecule has 1 aliphatic heterocycles. The fourth-order valence-electron chi connectivity index (χ4n) is 4.60. The predicted molar refractivity (Wildman–Crippen MR) is 107 cm³/mol. The van der Waals surface area contributed by atoms with Crippen LogP contribution in [-0.4, -0.2) is 46.6 Å². The summed E-state index contributed by atoms with van der Waals surface area (Å²) in [4.78, 5) is 38.8. The highest BCUT2D eigenvalue weighted by atomic mass is 16.5. The molecule has 158 valence electrons. The number of carboxylic acid groups (broad SMARTS) is 1. The Morgan fingerprint density at radius 2 is 1.90 bits per heavy atom. The molecule has 2 fully saturated rings. The summed E-state index contributed by atoms with van der Waals surface area (Å²) < 4.78 is 5.25. The number of hydrogen-bond donors (Lipinski definition) is 2. The van der Waals surface area contributed by atoms with E-state index in [0.717, 1.165) is 5.56 Å². The van der Waals surface area contributed by atoms with Gasteiger partial charge in [0.15, 0.2) is 0 Å². The molecule has 0 radical (unpaired) electrons. The van der Waals surface area contributed by atoms with Crippen LogP contribution in [0.1, 0.15) is 39.7 Å². The number of piperidine rings is 1. The lowest BCUT2D eigenvalue weighted by Gasteiger charge is -2.32. The Balaban J connectivity index is 1.65. The van der Waals surface area contributed by atoms with Crippen molar-refractivity contribution < 1.29 is 24.2 Å². The van der Waals surface area contributed by atoms with Gasteiger partial charge in [-0.1, -0.05) is 58.0 Å². The quantitative estimate of drug-likeness (QED) is 0.731. The van der Waals surface area contributed by atoms with Gasteiger partial charge in [-0.05, 0) is 29.2 Å². The lowest BCUT2D eigenvalue weighted by Crippen LogP contribution is -2.54. The van der Waals surface area contributed by atoms with Crippen molar-refractivity contribution in [3.63, 3.8) is 0 Å². The molecule has 1 aromatic rings. The first-order valence-corrected chi connectivity index (χ1v) is 10.1. The summed E-state index contributed by atoms with van der Waals surface area (Å²) in [7, 11) is 0. The molecule has 0 unspecified atom stereocenters. The number of fused-ring (bicyclic) bond motifs is 1. The predicted octanol–water partition coefficient (Wildman–Crippen LogP) is 2.90. The number of aliphatic carboxylic acids is 1. The highest BCUT2D eigenvalue weighted by molar-refractivity contribution is 5.90. The van der Waals surface area contributed by atoms with Crippen LogP contribution in [0.5, 0.6) is 0 Å². The van der Waals surface area contributed by atoms with E-state index in [-0.39, 0.29) is 35.7 Å². The number of likely N-dealkylation sites (tertiary alicyclic amines) is 1. The molecule has 29 heavy (non-hydrogen) atoms. The molecule has 1 heterocycles. The Morgan fingerprint density at radius 3 is 2.48 bits per heavy atom. The van der Waals surface area contributed by atoms with Gasteiger partial charge in [0.05, 0.1) is 0 Å². The van der Waals surface area contributed by atoms with Gasteiger partial charge in [-0.15, -0.1) is 0 Å². The minimum Gasteiger partial charge on any atom is -0.480 e. The van der Waals surface area contributed by atoms with Crippen LogP contribution in [0, 0.1) is 23.2 Å². The molecule has 1 aromatic carbocycles. The average Bonchev–Trinajstić information content (AvgIpc) is 3.02. The van der Waals surface area contributed by atoms with Crippen LogP contribution in [0.15, 0.2) is 30.3 Å². The third-order valence-corrected chi connectivity index (χ3v) is 6.25. The zero-order valence-electron chi connectivity index (χ0n) is 17.4. The van der Waals surface area contributed by atoms with Crippen molar-refractivity contribution in [2.75, 3.05) is 6.54 Å². The van der Waals surface area contributed by atoms with Crippen LogP contribution in [-0.2, 0) is 20.9 Å². The van der Waals surface area contributed by atoms with Crippen LogP contribution >= 0.6 is 0 Å². The van der Waals surface area contributed by atoms with E-state index in [1.165, 1.54) is 4.90 Å². The van der Waals surface area contributed by atoms with Crippen LogP contribution in [0.4, 0.5) is 4.79 Å². The van der Waals surface area contributed by atoms with E-state index in [1.807, 2.05) is 58.0 Å². The Bertz CT molecular complexity index is 777. The number of rotatable bonds is 7. The van der Waals surface area contributed by atoms with E-state index in [2.05, 4.69) is 5.32 Å². The SMILES string of the molecule is CC(C)C[C@H](NC(=O)OCc1ccccc1)C(=O)N1C[C@H]2[C@@H]([C@H]1C(=O)O)C2(C)C. The van der Waals surface area contributed by atoms with Gasteiger partial charge in [0.2, 0.25) is 5.91 Å². The third-order valence-electron chi connectivity index (χ3n) is 6.25. The van der Waals surface area contributed by atoms with Crippen LogP contribution in [0.25, 0.3) is 0 Å². The fourth-order valence-corrected chi connectivity index (χ4v) is 4.60. The minimum atomic E-state index is -0.980. The average molecular weight is 402 g/mol. The minimum absolute atomic E-state index is 0.0336. The molecule has 7 heteroatoms. The molecular weight excluding hydrogens is 372 g/mol. The van der Waals surface area contributed by atoms with E-state index in [1.54, 1.807) is 0 Å². The number of alkyl carbamates (subject to hydrolysis) is 1. The standard InChI is InChI=1S/C22H30N2O5/c1-13(2)10-16(23-21(28)29-12-14-8-6-5-7-9-14)19(25)24-11-15-17(22(15,3)4)18(24)20(26)27/h5-9,13,15-18H,10-12H2,1-4H3,(H,23,28)(H,26,27)/t15-,16-,17-,18-/m0/s1. The van der Waals surface area contributed by atoms with Gasteiger partial charge in [0, 0.05) is 12.5 Å². The van der Waals surface area contributed by atoms with Gasteiger partial charge < -0.3 is 20.1 Å². The monoisotopic (exact) mass is 402 g/mol. The maximum atomic E-state index is 13.2. The Labute approximate surface area is 171 Å². The van der Waals surface area contributed by atoms with Crippen LogP contribution in [0.3, 0.4) is 0 Å². The molecule has 1 saturated heterocycles. The first-order valence-electron chi connectivity index (χ1n) is 10.1. The molecule has 2 N–H and O–H groups in total. The lowest BCUT2D eigenvalue weighted by atomic mass is 9.98. The number of nitrogens with one attached hydrogen (secondary N) is 1. The summed E-state index contributed by atoms with van der Waals surface area (Å²) in [6, 6.07) is 7.64. The maximum Gasteiger partial charge on any atom is 0.408 e. The molecule has 1 aliphatic carbocycles. The van der Waals surface area contributed by atoms with E-state index in [9.17, 15) is 19.5 Å². The van der Waals surface area contributed by atoms with Gasteiger partial charge in [0.25, 0.3) is 0 Å². The van der Waals surface area contributed by atoms with Crippen molar-refractivity contribution >= 4 is 18.0 Å². The van der Waals surface area contributed by atoms with Crippen molar-refractivity contribution in [3.05, 3.63) is 35.9 Å². The number of ether oxygens (including phenoxy) is 1. The number of carbonyl (C=O) groups excluding carboxylic acids is 2. The molecule has 2 aliphatic rings. The third kappa shape index (κ3) is 4.38. The van der Waals surface area contributed by atoms with Gasteiger partial charge in [-0.25, -0.2) is 9.59 Å². The summed E-state index contributed by atoms with van der Waals surface area (Å²) in [6.07, 6.45) is -0.259. The molecule has 2 amide bonds. The number of nitrogens with zero attached hydrogens (tertiary/aromatic N) is 1. The summed E-state index contributed by atoms with van der Waals surface area (Å²) in [5.41, 5.74) is 0.789. The molecule has 4 atom stereocenters. The van der Waals surface area contributed by atoms with Gasteiger partial charge in [-0.2, -0.15) is 0 Å². The summed E-state index contributed by atoms with van der Waals surface area (Å²) in [6.45, 7) is 8.53. The zero-order chi connectivity index (χ0) is 21.3. The molecule has 7 nitrogen and oxygen atoms in total. The zero-order valence-corrected chi connectivity index (χ0v) is 17.4. The van der Waals surface area contributed by atoms with Gasteiger partial charge >= 0.3 is 12.1 Å². The second kappa shape index (κ2) is 8.05. The maximum absolute atomic E-state index is 13.2. The number of carboxylic acids is 1. The van der Waals surface area contributed by atoms with E-state index < -0.39 is 24.1 Å². The molecule has 1 saturated carbocycles.